The first-order chi connectivity index (χ1) is 29.0. The highest BCUT2D eigenvalue weighted by Gasteiger charge is 2.46. The number of nitrogens with zero attached hydrogens (tertiary/aromatic N) is 1. The number of hydrogen-bond donors (Lipinski definition) is 0. The summed E-state index contributed by atoms with van der Waals surface area (Å²) in [5.41, 5.74) is 20.6. The molecule has 0 unspecified atom stereocenters. The Morgan fingerprint density at radius 3 is 1.27 bits per heavy atom. The van der Waals surface area contributed by atoms with Gasteiger partial charge in [-0.05, 0) is 120 Å². The van der Waals surface area contributed by atoms with Crippen LogP contribution in [0, 0.1) is 0 Å². The Morgan fingerprint density at radius 1 is 0.288 bits per heavy atom. The minimum absolute atomic E-state index is 0.191. The molecule has 1 nitrogen and oxygen atoms in total. The maximum Gasteiger partial charge on any atom is 0.0714 e. The van der Waals surface area contributed by atoms with Crippen molar-refractivity contribution in [1.29, 1.82) is 0 Å². The predicted octanol–water partition coefficient (Wildman–Crippen LogP) is 15.2. The third kappa shape index (κ3) is 5.46. The molecule has 59 heavy (non-hydrogen) atoms. The Bertz CT molecular complexity index is 2940. The van der Waals surface area contributed by atoms with Crippen molar-refractivity contribution in [1.82, 2.24) is 0 Å². The molecule has 0 bridgehead atoms. The van der Waals surface area contributed by atoms with E-state index in [1.165, 1.54) is 77.9 Å². The second-order valence-corrected chi connectivity index (χ2v) is 16.5. The van der Waals surface area contributed by atoms with Gasteiger partial charge in [0.1, 0.15) is 0 Å². The molecule has 0 aromatic heterocycles. The van der Waals surface area contributed by atoms with Crippen LogP contribution in [0.15, 0.2) is 224 Å². The fourth-order valence-corrected chi connectivity index (χ4v) is 10.1. The minimum Gasteiger partial charge on any atom is -0.310 e. The van der Waals surface area contributed by atoms with E-state index in [1.54, 1.807) is 0 Å². The van der Waals surface area contributed by atoms with Crippen molar-refractivity contribution in [2.75, 3.05) is 4.90 Å². The fourth-order valence-electron chi connectivity index (χ4n) is 10.1. The smallest absolute Gasteiger partial charge is 0.0714 e. The van der Waals surface area contributed by atoms with E-state index in [2.05, 4.69) is 243 Å². The molecular weight excluding hydrogens is 711 g/mol. The first kappa shape index (κ1) is 35.0. The summed E-state index contributed by atoms with van der Waals surface area (Å²) < 4.78 is 0. The van der Waals surface area contributed by atoms with Gasteiger partial charge in [-0.15, -0.1) is 0 Å². The van der Waals surface area contributed by atoms with Gasteiger partial charge in [-0.25, -0.2) is 0 Å². The minimum atomic E-state index is -0.495. The Balaban J connectivity index is 1.11. The number of fused-ring (bicyclic) bond motifs is 6. The van der Waals surface area contributed by atoms with Crippen molar-refractivity contribution in [2.24, 2.45) is 0 Å². The van der Waals surface area contributed by atoms with Crippen LogP contribution in [0.5, 0.6) is 0 Å². The number of benzene rings is 9. The summed E-state index contributed by atoms with van der Waals surface area (Å²) in [5.74, 6) is 0. The summed E-state index contributed by atoms with van der Waals surface area (Å²) in [5, 5.41) is 0. The second kappa shape index (κ2) is 13.7. The van der Waals surface area contributed by atoms with Crippen LogP contribution in [-0.2, 0) is 10.8 Å². The normalized spacial score (nSPS) is 13.9. The van der Waals surface area contributed by atoms with Gasteiger partial charge in [-0.3, -0.25) is 0 Å². The molecule has 280 valence electrons. The van der Waals surface area contributed by atoms with E-state index in [0.717, 1.165) is 17.1 Å². The molecule has 0 atom stereocenters. The molecule has 0 saturated carbocycles. The topological polar surface area (TPSA) is 3.24 Å². The molecular formula is C58H43N. The molecule has 0 spiro atoms. The lowest BCUT2D eigenvalue weighted by Crippen LogP contribution is -2.28. The first-order valence-electron chi connectivity index (χ1n) is 20.7. The zero-order chi connectivity index (χ0) is 39.6. The molecule has 11 rings (SSSR count). The lowest BCUT2D eigenvalue weighted by atomic mass is 9.67. The molecule has 0 amide bonds. The standard InChI is InChI=1S/C58H43N/c1-57(2)54-37-43(41-19-9-4-10-20-41)29-34-50(54)51-35-32-47(38-55(51)57)59(46-30-27-42(28-31-46)40-17-7-3-8-18-40)48-33-36-52-49-25-15-16-26-53(49)58(56(52)39-48,44-21-11-5-12-22-44)45-23-13-6-14-24-45/h3-39H,1-2H3. The SMILES string of the molecule is CC1(C)c2cc(-c3ccccc3)ccc2-c2ccc(N(c3ccc(-c4ccccc4)cc3)c3ccc4c(c3)C(c3ccccc3)(c3ccccc3)c3ccccc3-4)cc21. The van der Waals surface area contributed by atoms with E-state index >= 15 is 0 Å². The first-order valence-corrected chi connectivity index (χ1v) is 20.7. The molecule has 9 aromatic carbocycles. The van der Waals surface area contributed by atoms with Gasteiger partial charge < -0.3 is 4.90 Å². The largest absolute Gasteiger partial charge is 0.310 e. The Labute approximate surface area is 347 Å². The average molecular weight is 754 g/mol. The Kier molecular flexibility index (Phi) is 8.13. The van der Waals surface area contributed by atoms with Crippen LogP contribution >= 0.6 is 0 Å². The summed E-state index contributed by atoms with van der Waals surface area (Å²) in [6.45, 7) is 4.77. The quantitative estimate of drug-likeness (QED) is 0.157. The Hall–Kier alpha value is -7.22. The van der Waals surface area contributed by atoms with E-state index < -0.39 is 5.41 Å². The molecule has 2 aliphatic carbocycles. The van der Waals surface area contributed by atoms with Gasteiger partial charge in [0.05, 0.1) is 5.41 Å². The van der Waals surface area contributed by atoms with E-state index in [4.69, 9.17) is 0 Å². The number of hydrogen-bond acceptors (Lipinski definition) is 1. The van der Waals surface area contributed by atoms with Gasteiger partial charge >= 0.3 is 0 Å². The van der Waals surface area contributed by atoms with Crippen LogP contribution in [0.1, 0.15) is 47.2 Å². The van der Waals surface area contributed by atoms with Gasteiger partial charge in [0.15, 0.2) is 0 Å². The lowest BCUT2D eigenvalue weighted by molar-refractivity contribution is 0.660. The highest BCUT2D eigenvalue weighted by atomic mass is 15.1. The van der Waals surface area contributed by atoms with Gasteiger partial charge in [0.25, 0.3) is 0 Å². The molecule has 0 heterocycles. The van der Waals surface area contributed by atoms with E-state index in [9.17, 15) is 0 Å². The maximum atomic E-state index is 2.47. The highest BCUT2D eigenvalue weighted by Crippen LogP contribution is 2.58. The molecule has 0 radical (unpaired) electrons. The van der Waals surface area contributed by atoms with Crippen LogP contribution < -0.4 is 4.90 Å². The third-order valence-corrected chi connectivity index (χ3v) is 13.0. The summed E-state index contributed by atoms with van der Waals surface area (Å²) in [7, 11) is 0. The van der Waals surface area contributed by atoms with Crippen molar-refractivity contribution in [3.8, 4) is 44.5 Å². The van der Waals surface area contributed by atoms with Crippen molar-refractivity contribution in [3.05, 3.63) is 258 Å². The molecule has 0 N–H and O–H groups in total. The van der Waals surface area contributed by atoms with Crippen molar-refractivity contribution >= 4 is 17.1 Å². The third-order valence-electron chi connectivity index (χ3n) is 13.0. The fraction of sp³-hybridized carbons (Fsp3) is 0.0690. The van der Waals surface area contributed by atoms with Crippen molar-refractivity contribution < 1.29 is 0 Å². The van der Waals surface area contributed by atoms with Crippen LogP contribution in [0.2, 0.25) is 0 Å². The van der Waals surface area contributed by atoms with Crippen LogP contribution in [0.4, 0.5) is 17.1 Å². The van der Waals surface area contributed by atoms with Gasteiger partial charge in [0.2, 0.25) is 0 Å². The van der Waals surface area contributed by atoms with Crippen molar-refractivity contribution in [3.63, 3.8) is 0 Å². The van der Waals surface area contributed by atoms with E-state index in [1.807, 2.05) is 0 Å². The predicted molar refractivity (Wildman–Crippen MR) is 247 cm³/mol. The summed E-state index contributed by atoms with van der Waals surface area (Å²) in [6.07, 6.45) is 0. The number of rotatable bonds is 7. The lowest BCUT2D eigenvalue weighted by Gasteiger charge is -2.35. The van der Waals surface area contributed by atoms with Gasteiger partial charge in [0, 0.05) is 22.5 Å². The van der Waals surface area contributed by atoms with Crippen LogP contribution in [0.25, 0.3) is 44.5 Å². The van der Waals surface area contributed by atoms with Crippen LogP contribution in [-0.4, -0.2) is 0 Å². The van der Waals surface area contributed by atoms with Crippen molar-refractivity contribution in [2.45, 2.75) is 24.7 Å². The maximum absolute atomic E-state index is 2.47. The van der Waals surface area contributed by atoms with Gasteiger partial charge in [-0.2, -0.15) is 0 Å². The van der Waals surface area contributed by atoms with Crippen LogP contribution in [0.3, 0.4) is 0 Å². The zero-order valence-corrected chi connectivity index (χ0v) is 33.3. The second-order valence-electron chi connectivity index (χ2n) is 16.5. The highest BCUT2D eigenvalue weighted by molar-refractivity contribution is 5.91. The summed E-state index contributed by atoms with van der Waals surface area (Å²) >= 11 is 0. The Morgan fingerprint density at radius 2 is 0.678 bits per heavy atom. The summed E-state index contributed by atoms with van der Waals surface area (Å²) in [4.78, 5) is 2.47. The zero-order valence-electron chi connectivity index (χ0n) is 33.3. The molecule has 9 aromatic rings. The molecule has 2 aliphatic rings. The summed E-state index contributed by atoms with van der Waals surface area (Å²) in [6, 6.07) is 83.0. The van der Waals surface area contributed by atoms with E-state index in [0.29, 0.717) is 0 Å². The molecule has 0 aliphatic heterocycles. The molecule has 1 heteroatoms. The molecule has 0 fully saturated rings. The molecule has 0 saturated heterocycles. The number of anilines is 3. The van der Waals surface area contributed by atoms with Gasteiger partial charge in [-0.1, -0.05) is 196 Å². The monoisotopic (exact) mass is 753 g/mol. The average Bonchev–Trinajstić information content (AvgIpc) is 3.72. The van der Waals surface area contributed by atoms with E-state index in [-0.39, 0.29) is 5.41 Å².